The molecule has 0 saturated carbocycles. The fraction of sp³-hybridized carbons (Fsp3) is 0.316. The third kappa shape index (κ3) is 4.54. The average molecular weight is 345 g/mol. The van der Waals surface area contributed by atoms with Gasteiger partial charge in [-0.15, -0.1) is 0 Å². The van der Waals surface area contributed by atoms with Crippen molar-refractivity contribution < 1.29 is 13.6 Å². The Morgan fingerprint density at radius 2 is 1.64 bits per heavy atom. The van der Waals surface area contributed by atoms with Gasteiger partial charge in [0.1, 0.15) is 11.6 Å². The van der Waals surface area contributed by atoms with Crippen LogP contribution in [0.4, 0.5) is 14.5 Å². The van der Waals surface area contributed by atoms with E-state index in [2.05, 4.69) is 5.32 Å². The summed E-state index contributed by atoms with van der Waals surface area (Å²) in [5.41, 5.74) is 1.52. The minimum absolute atomic E-state index is 0.0234. The number of carbonyl (C=O) groups excluding carboxylic acids is 1. The molecule has 2 aromatic carbocycles. The third-order valence-electron chi connectivity index (χ3n) is 4.34. The first-order chi connectivity index (χ1) is 12.1. The topological polar surface area (TPSA) is 35.6 Å². The number of piperazine rings is 1. The first kappa shape index (κ1) is 17.4. The summed E-state index contributed by atoms with van der Waals surface area (Å²) in [4.78, 5) is 16.0. The molecule has 1 aliphatic rings. The molecule has 0 aliphatic carbocycles. The molecule has 1 fully saturated rings. The van der Waals surface area contributed by atoms with Gasteiger partial charge in [0.15, 0.2) is 0 Å². The van der Waals surface area contributed by atoms with Crippen molar-refractivity contribution in [3.8, 4) is 0 Å². The lowest BCUT2D eigenvalue weighted by Crippen LogP contribution is -2.51. The number of hydrogen-bond acceptors (Lipinski definition) is 3. The molecule has 3 rings (SSSR count). The summed E-state index contributed by atoms with van der Waals surface area (Å²) in [6.07, 6.45) is 0. The van der Waals surface area contributed by atoms with Gasteiger partial charge < -0.3 is 15.1 Å². The maximum absolute atomic E-state index is 13.8. The Balaban J connectivity index is 1.44. The Bertz CT molecular complexity index is 713. The Kier molecular flexibility index (Phi) is 5.60. The summed E-state index contributed by atoms with van der Waals surface area (Å²) in [5.74, 6) is -0.480. The van der Waals surface area contributed by atoms with Crippen LogP contribution in [-0.2, 0) is 11.3 Å². The predicted octanol–water partition coefficient (Wildman–Crippen LogP) is 2.40. The number of amides is 1. The number of benzene rings is 2. The first-order valence-corrected chi connectivity index (χ1v) is 8.36. The largest absolute Gasteiger partial charge is 0.366 e. The zero-order chi connectivity index (χ0) is 17.6. The fourth-order valence-electron chi connectivity index (χ4n) is 2.93. The maximum atomic E-state index is 13.8. The van der Waals surface area contributed by atoms with E-state index in [1.165, 1.54) is 18.2 Å². The second-order valence-electron chi connectivity index (χ2n) is 6.05. The van der Waals surface area contributed by atoms with Crippen LogP contribution in [0.1, 0.15) is 5.56 Å². The maximum Gasteiger partial charge on any atom is 0.236 e. The molecule has 132 valence electrons. The van der Waals surface area contributed by atoms with Gasteiger partial charge in [0.25, 0.3) is 0 Å². The monoisotopic (exact) mass is 345 g/mol. The number of hydrogen-bond donors (Lipinski definition) is 1. The standard InChI is InChI=1S/C19H21F2N3O/c20-16-7-5-15(6-8-16)13-22-14-19(25)24-11-9-23(10-12-24)18-4-2-1-3-17(18)21/h1-8,22H,9-14H2. The number of rotatable bonds is 5. The second kappa shape index (κ2) is 8.07. The van der Waals surface area contributed by atoms with E-state index in [4.69, 9.17) is 0 Å². The summed E-state index contributed by atoms with van der Waals surface area (Å²) < 4.78 is 26.7. The van der Waals surface area contributed by atoms with Crippen molar-refractivity contribution in [3.05, 3.63) is 65.7 Å². The van der Waals surface area contributed by atoms with Crippen LogP contribution >= 0.6 is 0 Å². The van der Waals surface area contributed by atoms with Gasteiger partial charge in [-0.25, -0.2) is 8.78 Å². The van der Waals surface area contributed by atoms with E-state index in [1.807, 2.05) is 11.0 Å². The summed E-state index contributed by atoms with van der Waals surface area (Å²) in [6, 6.07) is 12.9. The molecule has 1 amide bonds. The Morgan fingerprint density at radius 1 is 0.960 bits per heavy atom. The third-order valence-corrected chi connectivity index (χ3v) is 4.34. The molecule has 25 heavy (non-hydrogen) atoms. The molecule has 1 aliphatic heterocycles. The van der Waals surface area contributed by atoms with E-state index in [0.29, 0.717) is 38.4 Å². The smallest absolute Gasteiger partial charge is 0.236 e. The van der Waals surface area contributed by atoms with Crippen molar-refractivity contribution >= 4 is 11.6 Å². The summed E-state index contributed by atoms with van der Waals surface area (Å²) in [7, 11) is 0. The Morgan fingerprint density at radius 3 is 2.32 bits per heavy atom. The molecule has 0 unspecified atom stereocenters. The van der Waals surface area contributed by atoms with Crippen molar-refractivity contribution in [3.63, 3.8) is 0 Å². The van der Waals surface area contributed by atoms with Crippen LogP contribution in [0.15, 0.2) is 48.5 Å². The van der Waals surface area contributed by atoms with Gasteiger partial charge in [-0.3, -0.25) is 4.79 Å². The van der Waals surface area contributed by atoms with Gasteiger partial charge >= 0.3 is 0 Å². The van der Waals surface area contributed by atoms with Gasteiger partial charge in [0.05, 0.1) is 12.2 Å². The lowest BCUT2D eigenvalue weighted by atomic mass is 10.2. The number of nitrogens with zero attached hydrogens (tertiary/aromatic N) is 2. The lowest BCUT2D eigenvalue weighted by Gasteiger charge is -2.36. The van der Waals surface area contributed by atoms with Gasteiger partial charge in [-0.2, -0.15) is 0 Å². The Labute approximate surface area is 146 Å². The van der Waals surface area contributed by atoms with Crippen LogP contribution < -0.4 is 10.2 Å². The van der Waals surface area contributed by atoms with Crippen molar-refractivity contribution in [2.24, 2.45) is 0 Å². The molecule has 0 spiro atoms. The van der Waals surface area contributed by atoms with Crippen LogP contribution in [0.5, 0.6) is 0 Å². The van der Waals surface area contributed by atoms with Gasteiger partial charge in [0, 0.05) is 32.7 Å². The molecular weight excluding hydrogens is 324 g/mol. The van der Waals surface area contributed by atoms with E-state index >= 15 is 0 Å². The minimum atomic E-state index is -0.271. The quantitative estimate of drug-likeness (QED) is 0.904. The van der Waals surface area contributed by atoms with Gasteiger partial charge in [-0.05, 0) is 29.8 Å². The van der Waals surface area contributed by atoms with E-state index in [1.54, 1.807) is 29.2 Å². The summed E-state index contributed by atoms with van der Waals surface area (Å²) in [5, 5.41) is 3.08. The molecule has 0 atom stereocenters. The van der Waals surface area contributed by atoms with E-state index < -0.39 is 0 Å². The lowest BCUT2D eigenvalue weighted by molar-refractivity contribution is -0.130. The predicted molar refractivity (Wildman–Crippen MR) is 93.3 cm³/mol. The highest BCUT2D eigenvalue weighted by molar-refractivity contribution is 5.78. The van der Waals surface area contributed by atoms with Crippen LogP contribution in [0.25, 0.3) is 0 Å². The molecule has 1 N–H and O–H groups in total. The van der Waals surface area contributed by atoms with E-state index in [9.17, 15) is 13.6 Å². The number of carbonyl (C=O) groups is 1. The zero-order valence-electron chi connectivity index (χ0n) is 13.9. The molecule has 1 saturated heterocycles. The molecule has 0 bridgehead atoms. The summed E-state index contributed by atoms with van der Waals surface area (Å²) in [6.45, 7) is 3.13. The number of nitrogens with one attached hydrogen (secondary N) is 1. The van der Waals surface area contributed by atoms with Crippen molar-refractivity contribution in [1.29, 1.82) is 0 Å². The van der Waals surface area contributed by atoms with Gasteiger partial charge in [0.2, 0.25) is 5.91 Å². The van der Waals surface area contributed by atoms with E-state index in [-0.39, 0.29) is 24.1 Å². The molecule has 0 aromatic heterocycles. The number of halogens is 2. The first-order valence-electron chi connectivity index (χ1n) is 8.36. The van der Waals surface area contributed by atoms with Crippen LogP contribution in [0.2, 0.25) is 0 Å². The average Bonchev–Trinajstić information content (AvgIpc) is 2.64. The molecule has 6 heteroatoms. The van der Waals surface area contributed by atoms with Crippen molar-refractivity contribution in [2.75, 3.05) is 37.6 Å². The minimum Gasteiger partial charge on any atom is -0.366 e. The zero-order valence-corrected chi connectivity index (χ0v) is 13.9. The fourth-order valence-corrected chi connectivity index (χ4v) is 2.93. The number of para-hydroxylation sites is 1. The van der Waals surface area contributed by atoms with Crippen molar-refractivity contribution in [2.45, 2.75) is 6.54 Å². The van der Waals surface area contributed by atoms with Gasteiger partial charge in [-0.1, -0.05) is 24.3 Å². The highest BCUT2D eigenvalue weighted by Crippen LogP contribution is 2.20. The highest BCUT2D eigenvalue weighted by atomic mass is 19.1. The summed E-state index contributed by atoms with van der Waals surface area (Å²) >= 11 is 0. The van der Waals surface area contributed by atoms with E-state index in [0.717, 1.165) is 5.56 Å². The normalized spacial score (nSPS) is 14.6. The van der Waals surface area contributed by atoms with Crippen LogP contribution in [-0.4, -0.2) is 43.5 Å². The SMILES string of the molecule is O=C(CNCc1ccc(F)cc1)N1CCN(c2ccccc2F)CC1. The molecular formula is C19H21F2N3O. The molecule has 1 heterocycles. The molecule has 2 aromatic rings. The molecule has 4 nitrogen and oxygen atoms in total. The number of anilines is 1. The second-order valence-corrected chi connectivity index (χ2v) is 6.05. The van der Waals surface area contributed by atoms with Crippen LogP contribution in [0.3, 0.4) is 0 Å². The molecule has 0 radical (unpaired) electrons. The highest BCUT2D eigenvalue weighted by Gasteiger charge is 2.22. The van der Waals surface area contributed by atoms with Crippen LogP contribution in [0, 0.1) is 11.6 Å². The van der Waals surface area contributed by atoms with Crippen molar-refractivity contribution in [1.82, 2.24) is 10.2 Å². The Hall–Kier alpha value is -2.47.